The minimum atomic E-state index is -0.0927. The van der Waals surface area contributed by atoms with Gasteiger partial charge in [-0.3, -0.25) is 4.79 Å². The molecule has 1 N–H and O–H groups in total. The topological polar surface area (TPSA) is 56.2 Å². The molecule has 0 radical (unpaired) electrons. The summed E-state index contributed by atoms with van der Waals surface area (Å²) < 4.78 is 8.03. The van der Waals surface area contributed by atoms with E-state index < -0.39 is 0 Å². The van der Waals surface area contributed by atoms with Gasteiger partial charge in [-0.25, -0.2) is 4.98 Å². The molecule has 0 fully saturated rings. The number of hydrogen-bond acceptors (Lipinski definition) is 3. The number of aryl methyl sites for hydroxylation is 4. The minimum Gasteiger partial charge on any atom is -0.485 e. The van der Waals surface area contributed by atoms with Gasteiger partial charge < -0.3 is 14.6 Å². The monoisotopic (exact) mass is 413 g/mol. The highest BCUT2D eigenvalue weighted by Crippen LogP contribution is 2.23. The van der Waals surface area contributed by atoms with E-state index in [-0.39, 0.29) is 19.1 Å². The summed E-state index contributed by atoms with van der Waals surface area (Å²) in [7, 11) is 0. The van der Waals surface area contributed by atoms with Gasteiger partial charge in [0.15, 0.2) is 0 Å². The quantitative estimate of drug-likeness (QED) is 0.455. The maximum atomic E-state index is 12.9. The van der Waals surface area contributed by atoms with Crippen molar-refractivity contribution in [1.29, 1.82) is 0 Å². The molecule has 0 aliphatic rings. The highest BCUT2D eigenvalue weighted by atomic mass is 16.5. The first-order chi connectivity index (χ1) is 14.9. The fraction of sp³-hybridized carbons (Fsp3) is 0.231. The Labute approximate surface area is 182 Å². The number of amides is 1. The number of imidazole rings is 1. The van der Waals surface area contributed by atoms with E-state index in [1.165, 1.54) is 0 Å². The molecule has 4 aromatic rings. The largest absolute Gasteiger partial charge is 0.485 e. The van der Waals surface area contributed by atoms with Crippen molar-refractivity contribution >= 4 is 22.6 Å². The predicted molar refractivity (Wildman–Crippen MR) is 125 cm³/mol. The molecule has 1 heterocycles. The number of nitrogens with zero attached hydrogens (tertiary/aromatic N) is 2. The molecule has 0 saturated carbocycles. The van der Waals surface area contributed by atoms with Crippen molar-refractivity contribution in [2.75, 3.05) is 5.32 Å². The van der Waals surface area contributed by atoms with Crippen molar-refractivity contribution in [1.82, 2.24) is 9.55 Å². The number of rotatable bonds is 6. The van der Waals surface area contributed by atoms with Crippen molar-refractivity contribution in [2.24, 2.45) is 0 Å². The van der Waals surface area contributed by atoms with Crippen molar-refractivity contribution in [3.05, 3.63) is 88.7 Å². The molecule has 0 bridgehead atoms. The third-order valence-corrected chi connectivity index (χ3v) is 5.40. The van der Waals surface area contributed by atoms with Gasteiger partial charge in [0.2, 0.25) is 5.91 Å². The molecular weight excluding hydrogens is 386 g/mol. The number of carbonyl (C=O) groups is 1. The van der Waals surface area contributed by atoms with Crippen LogP contribution in [0, 0.1) is 27.7 Å². The number of ether oxygens (including phenoxy) is 1. The molecule has 0 unspecified atom stereocenters. The standard InChI is InChI=1S/C26H27N3O2/c1-17-9-11-19(3)22(13-17)28-26(30)15-29-23-8-6-5-7-21(23)27-25(29)16-31-24-14-18(2)10-12-20(24)4/h5-14H,15-16H2,1-4H3,(H,28,30). The average molecular weight is 414 g/mol. The molecule has 158 valence electrons. The number of para-hydroxylation sites is 2. The smallest absolute Gasteiger partial charge is 0.244 e. The van der Waals surface area contributed by atoms with Gasteiger partial charge in [-0.1, -0.05) is 36.4 Å². The van der Waals surface area contributed by atoms with Crippen LogP contribution in [-0.2, 0) is 17.9 Å². The second-order valence-corrected chi connectivity index (χ2v) is 8.03. The zero-order chi connectivity index (χ0) is 22.0. The molecule has 0 spiro atoms. The molecule has 31 heavy (non-hydrogen) atoms. The highest BCUT2D eigenvalue weighted by Gasteiger charge is 2.15. The second kappa shape index (κ2) is 8.64. The van der Waals surface area contributed by atoms with Gasteiger partial charge in [-0.15, -0.1) is 0 Å². The number of hydrogen-bond donors (Lipinski definition) is 1. The normalized spacial score (nSPS) is 11.0. The summed E-state index contributed by atoms with van der Waals surface area (Å²) in [4.78, 5) is 17.6. The molecule has 3 aromatic carbocycles. The van der Waals surface area contributed by atoms with Gasteiger partial charge in [-0.05, 0) is 74.2 Å². The van der Waals surface area contributed by atoms with Crippen LogP contribution in [0.15, 0.2) is 60.7 Å². The van der Waals surface area contributed by atoms with E-state index >= 15 is 0 Å². The fourth-order valence-electron chi connectivity index (χ4n) is 3.62. The highest BCUT2D eigenvalue weighted by molar-refractivity contribution is 5.92. The Kier molecular flexibility index (Phi) is 5.76. The molecule has 0 aliphatic heterocycles. The van der Waals surface area contributed by atoms with E-state index in [1.54, 1.807) is 0 Å². The van der Waals surface area contributed by atoms with Gasteiger partial charge in [0.25, 0.3) is 0 Å². The Morgan fingerprint density at radius 1 is 0.935 bits per heavy atom. The Morgan fingerprint density at radius 3 is 2.45 bits per heavy atom. The van der Waals surface area contributed by atoms with Gasteiger partial charge in [0.1, 0.15) is 24.7 Å². The van der Waals surface area contributed by atoms with Crippen LogP contribution in [0.3, 0.4) is 0 Å². The van der Waals surface area contributed by atoms with E-state index in [2.05, 4.69) is 11.4 Å². The summed E-state index contributed by atoms with van der Waals surface area (Å²) in [5, 5.41) is 3.04. The number of carbonyl (C=O) groups excluding carboxylic acids is 1. The summed E-state index contributed by atoms with van der Waals surface area (Å²) in [5.74, 6) is 1.46. The number of aromatic nitrogens is 2. The lowest BCUT2D eigenvalue weighted by Gasteiger charge is -2.13. The summed E-state index contributed by atoms with van der Waals surface area (Å²) in [5.41, 5.74) is 6.95. The molecule has 0 atom stereocenters. The molecular formula is C26H27N3O2. The number of nitrogens with one attached hydrogen (secondary N) is 1. The maximum absolute atomic E-state index is 12.9. The van der Waals surface area contributed by atoms with Gasteiger partial charge in [0, 0.05) is 5.69 Å². The van der Waals surface area contributed by atoms with Crippen LogP contribution in [0.1, 0.15) is 28.1 Å². The van der Waals surface area contributed by atoms with Crippen molar-refractivity contribution in [3.8, 4) is 5.75 Å². The summed E-state index contributed by atoms with van der Waals surface area (Å²) in [6.45, 7) is 8.52. The lowest BCUT2D eigenvalue weighted by Crippen LogP contribution is -2.21. The van der Waals surface area contributed by atoms with Crippen LogP contribution in [0.25, 0.3) is 11.0 Å². The lowest BCUT2D eigenvalue weighted by molar-refractivity contribution is -0.116. The fourth-order valence-corrected chi connectivity index (χ4v) is 3.62. The second-order valence-electron chi connectivity index (χ2n) is 8.03. The van der Waals surface area contributed by atoms with Gasteiger partial charge in [-0.2, -0.15) is 0 Å². The van der Waals surface area contributed by atoms with Crippen LogP contribution < -0.4 is 10.1 Å². The predicted octanol–water partition coefficient (Wildman–Crippen LogP) is 5.49. The SMILES string of the molecule is Cc1ccc(C)c(NC(=O)Cn2c(COc3cc(C)ccc3C)nc3ccccc32)c1. The van der Waals surface area contributed by atoms with Crippen LogP contribution in [0.5, 0.6) is 5.75 Å². The molecule has 1 amide bonds. The summed E-state index contributed by atoms with van der Waals surface area (Å²) in [6, 6.07) is 20.0. The van der Waals surface area contributed by atoms with Crippen molar-refractivity contribution < 1.29 is 9.53 Å². The van der Waals surface area contributed by atoms with Crippen LogP contribution in [0.4, 0.5) is 5.69 Å². The van der Waals surface area contributed by atoms with Crippen molar-refractivity contribution in [2.45, 2.75) is 40.8 Å². The van der Waals surface area contributed by atoms with Crippen LogP contribution >= 0.6 is 0 Å². The van der Waals surface area contributed by atoms with E-state index in [1.807, 2.05) is 86.9 Å². The molecule has 4 rings (SSSR count). The maximum Gasteiger partial charge on any atom is 0.244 e. The number of anilines is 1. The first-order valence-corrected chi connectivity index (χ1v) is 10.4. The molecule has 1 aromatic heterocycles. The van der Waals surface area contributed by atoms with E-state index in [9.17, 15) is 4.79 Å². The van der Waals surface area contributed by atoms with E-state index in [0.29, 0.717) is 0 Å². The zero-order valence-electron chi connectivity index (χ0n) is 18.4. The molecule has 5 heteroatoms. The Bertz CT molecular complexity index is 1260. The summed E-state index contributed by atoms with van der Waals surface area (Å²) in [6.07, 6.45) is 0. The average Bonchev–Trinajstić information content (AvgIpc) is 3.08. The molecule has 0 aliphatic carbocycles. The molecule has 0 saturated heterocycles. The lowest BCUT2D eigenvalue weighted by atomic mass is 10.1. The molecule has 5 nitrogen and oxygen atoms in total. The third kappa shape index (κ3) is 4.61. The van der Waals surface area contributed by atoms with E-state index in [4.69, 9.17) is 9.72 Å². The van der Waals surface area contributed by atoms with Crippen LogP contribution in [-0.4, -0.2) is 15.5 Å². The number of fused-ring (bicyclic) bond motifs is 1. The number of benzene rings is 3. The minimum absolute atomic E-state index is 0.0927. The van der Waals surface area contributed by atoms with Gasteiger partial charge in [0.05, 0.1) is 11.0 Å². The Balaban J connectivity index is 1.59. The Morgan fingerprint density at radius 2 is 1.65 bits per heavy atom. The van der Waals surface area contributed by atoms with Crippen molar-refractivity contribution in [3.63, 3.8) is 0 Å². The zero-order valence-corrected chi connectivity index (χ0v) is 18.4. The third-order valence-electron chi connectivity index (χ3n) is 5.40. The first kappa shape index (κ1) is 20.7. The van der Waals surface area contributed by atoms with Crippen LogP contribution in [0.2, 0.25) is 0 Å². The summed E-state index contributed by atoms with van der Waals surface area (Å²) >= 11 is 0. The van der Waals surface area contributed by atoms with E-state index in [0.717, 1.165) is 50.5 Å². The Hall–Kier alpha value is -3.60. The van der Waals surface area contributed by atoms with Gasteiger partial charge >= 0.3 is 0 Å². The first-order valence-electron chi connectivity index (χ1n) is 10.4.